The van der Waals surface area contributed by atoms with Gasteiger partial charge in [-0.3, -0.25) is 4.79 Å². The molecule has 1 N–H and O–H groups in total. The Balaban J connectivity index is 2.02. The number of likely N-dealkylation sites (tertiary alicyclic amines) is 1. The second-order valence-corrected chi connectivity index (χ2v) is 6.89. The van der Waals surface area contributed by atoms with E-state index in [1.54, 1.807) is 6.08 Å². The molecule has 4 heteroatoms. The van der Waals surface area contributed by atoms with E-state index in [1.165, 1.54) is 5.56 Å². The molecule has 2 rings (SSSR count). The van der Waals surface area contributed by atoms with Gasteiger partial charge in [-0.05, 0) is 56.4 Å². The summed E-state index contributed by atoms with van der Waals surface area (Å²) in [5.41, 5.74) is 1.54. The van der Waals surface area contributed by atoms with Crippen molar-refractivity contribution < 1.29 is 9.90 Å². The van der Waals surface area contributed by atoms with Crippen LogP contribution in [0.5, 0.6) is 0 Å². The lowest BCUT2D eigenvalue weighted by Crippen LogP contribution is -2.32. The van der Waals surface area contributed by atoms with Gasteiger partial charge in [-0.15, -0.1) is 0 Å². The molecule has 1 aromatic carbocycles. The van der Waals surface area contributed by atoms with Gasteiger partial charge in [0.05, 0.1) is 5.60 Å². The molecule has 0 aliphatic carbocycles. The minimum absolute atomic E-state index is 0.0141. The number of nitrogens with zero attached hydrogens (tertiary/aromatic N) is 1. The second-order valence-electron chi connectivity index (χ2n) is 6.03. The summed E-state index contributed by atoms with van der Waals surface area (Å²) in [7, 11) is 0. The fourth-order valence-electron chi connectivity index (χ4n) is 2.52. The van der Waals surface area contributed by atoms with Crippen LogP contribution >= 0.6 is 15.9 Å². The largest absolute Gasteiger partial charge is 0.390 e. The molecular formula is C17H22BrNO2. The summed E-state index contributed by atoms with van der Waals surface area (Å²) >= 11 is 3.51. The maximum atomic E-state index is 12.3. The summed E-state index contributed by atoms with van der Waals surface area (Å²) in [5, 5.41) is 10.1. The summed E-state index contributed by atoms with van der Waals surface area (Å²) in [5.74, 6) is 0.0141. The number of benzene rings is 1. The first kappa shape index (κ1) is 16.2. The highest BCUT2D eigenvalue weighted by molar-refractivity contribution is 9.10. The third-order valence-electron chi connectivity index (χ3n) is 3.94. The average molecular weight is 352 g/mol. The van der Waals surface area contributed by atoms with Crippen molar-refractivity contribution in [3.8, 4) is 0 Å². The van der Waals surface area contributed by atoms with Crippen LogP contribution < -0.4 is 0 Å². The van der Waals surface area contributed by atoms with Gasteiger partial charge in [0.1, 0.15) is 0 Å². The van der Waals surface area contributed by atoms with Crippen LogP contribution in [-0.2, 0) is 4.79 Å². The zero-order valence-electron chi connectivity index (χ0n) is 12.6. The van der Waals surface area contributed by atoms with E-state index in [9.17, 15) is 9.90 Å². The molecule has 1 amide bonds. The van der Waals surface area contributed by atoms with Crippen molar-refractivity contribution in [2.24, 2.45) is 0 Å². The van der Waals surface area contributed by atoms with Crippen LogP contribution in [0.1, 0.15) is 37.3 Å². The molecule has 0 bridgehead atoms. The summed E-state index contributed by atoms with van der Waals surface area (Å²) in [4.78, 5) is 14.1. The van der Waals surface area contributed by atoms with Gasteiger partial charge in [0.15, 0.2) is 0 Å². The van der Waals surface area contributed by atoms with Crippen molar-refractivity contribution in [2.45, 2.75) is 38.7 Å². The van der Waals surface area contributed by atoms with Crippen LogP contribution in [0.2, 0.25) is 0 Å². The van der Waals surface area contributed by atoms with Gasteiger partial charge in [-0.25, -0.2) is 0 Å². The second kappa shape index (κ2) is 6.75. The molecule has 0 saturated carbocycles. The van der Waals surface area contributed by atoms with Crippen molar-refractivity contribution in [1.82, 2.24) is 4.90 Å². The number of amides is 1. The van der Waals surface area contributed by atoms with Crippen molar-refractivity contribution in [3.63, 3.8) is 0 Å². The number of halogens is 1. The maximum Gasteiger partial charge on any atom is 0.246 e. The van der Waals surface area contributed by atoms with Crippen LogP contribution in [0, 0.1) is 6.92 Å². The topological polar surface area (TPSA) is 40.5 Å². The predicted molar refractivity (Wildman–Crippen MR) is 89.0 cm³/mol. The lowest BCUT2D eigenvalue weighted by molar-refractivity contribution is -0.126. The Labute approximate surface area is 134 Å². The Morgan fingerprint density at radius 1 is 1.38 bits per heavy atom. The number of carbonyl (C=O) groups excluding carboxylic acids is 1. The van der Waals surface area contributed by atoms with Gasteiger partial charge in [-0.2, -0.15) is 0 Å². The molecule has 1 unspecified atom stereocenters. The molecule has 1 aliphatic heterocycles. The molecule has 1 heterocycles. The van der Waals surface area contributed by atoms with Gasteiger partial charge in [0.2, 0.25) is 5.91 Å². The Kier molecular flexibility index (Phi) is 5.22. The highest BCUT2D eigenvalue weighted by atomic mass is 79.9. The van der Waals surface area contributed by atoms with Gasteiger partial charge < -0.3 is 10.0 Å². The van der Waals surface area contributed by atoms with E-state index in [-0.39, 0.29) is 5.91 Å². The number of carbonyl (C=O) groups is 1. The third kappa shape index (κ3) is 4.68. The fraction of sp³-hybridized carbons (Fsp3) is 0.471. The Morgan fingerprint density at radius 3 is 2.86 bits per heavy atom. The molecule has 0 spiro atoms. The van der Waals surface area contributed by atoms with Crippen molar-refractivity contribution in [2.75, 3.05) is 13.1 Å². The Hall–Kier alpha value is -1.13. The average Bonchev–Trinajstić information content (AvgIpc) is 2.58. The highest BCUT2D eigenvalue weighted by Crippen LogP contribution is 2.22. The van der Waals surface area contributed by atoms with Crippen LogP contribution in [-0.4, -0.2) is 34.6 Å². The summed E-state index contributed by atoms with van der Waals surface area (Å²) in [6.07, 6.45) is 5.70. The smallest absolute Gasteiger partial charge is 0.246 e. The molecule has 3 nitrogen and oxygen atoms in total. The van der Waals surface area contributed by atoms with Gasteiger partial charge in [-0.1, -0.05) is 28.1 Å². The van der Waals surface area contributed by atoms with E-state index in [2.05, 4.69) is 15.9 Å². The first-order valence-corrected chi connectivity index (χ1v) is 8.12. The predicted octanol–water partition coefficient (Wildman–Crippen LogP) is 3.53. The number of hydrogen-bond acceptors (Lipinski definition) is 2. The first-order chi connectivity index (χ1) is 9.87. The molecule has 1 fully saturated rings. The summed E-state index contributed by atoms with van der Waals surface area (Å²) in [6, 6.07) is 6.06. The van der Waals surface area contributed by atoms with Crippen LogP contribution in [0.25, 0.3) is 6.08 Å². The van der Waals surface area contributed by atoms with Crippen molar-refractivity contribution >= 4 is 27.9 Å². The quantitative estimate of drug-likeness (QED) is 0.828. The standard InChI is InChI=1S/C17H22BrNO2/c1-13-4-5-14(15(18)12-13)6-7-16(20)19-10-3-8-17(2,21)9-11-19/h4-7,12,21H,3,8-11H2,1-2H3/b7-6+. The van der Waals surface area contributed by atoms with E-state index in [0.717, 1.165) is 22.9 Å². The molecule has 114 valence electrons. The van der Waals surface area contributed by atoms with Crippen LogP contribution in [0.3, 0.4) is 0 Å². The molecule has 1 aliphatic rings. The van der Waals surface area contributed by atoms with Gasteiger partial charge in [0, 0.05) is 23.6 Å². The lowest BCUT2D eigenvalue weighted by atomic mass is 9.98. The van der Waals surface area contributed by atoms with Crippen molar-refractivity contribution in [3.05, 3.63) is 39.9 Å². The highest BCUT2D eigenvalue weighted by Gasteiger charge is 2.26. The van der Waals surface area contributed by atoms with Gasteiger partial charge in [0.25, 0.3) is 0 Å². The van der Waals surface area contributed by atoms with Gasteiger partial charge >= 0.3 is 0 Å². The molecule has 21 heavy (non-hydrogen) atoms. The van der Waals surface area contributed by atoms with Crippen LogP contribution in [0.15, 0.2) is 28.7 Å². The van der Waals surface area contributed by atoms with E-state index < -0.39 is 5.60 Å². The maximum absolute atomic E-state index is 12.3. The molecule has 1 saturated heterocycles. The number of aliphatic hydroxyl groups is 1. The van der Waals surface area contributed by atoms with E-state index in [4.69, 9.17) is 0 Å². The van der Waals surface area contributed by atoms with E-state index in [0.29, 0.717) is 19.5 Å². The molecular weight excluding hydrogens is 330 g/mol. The molecule has 0 radical (unpaired) electrons. The first-order valence-electron chi connectivity index (χ1n) is 7.33. The minimum atomic E-state index is -0.640. The number of aryl methyl sites for hydroxylation is 1. The third-order valence-corrected chi connectivity index (χ3v) is 4.62. The SMILES string of the molecule is Cc1ccc(/C=C/C(=O)N2CCCC(C)(O)CC2)c(Br)c1. The number of hydrogen-bond donors (Lipinski definition) is 1. The normalized spacial score (nSPS) is 23.3. The monoisotopic (exact) mass is 351 g/mol. The Morgan fingerprint density at radius 2 is 2.14 bits per heavy atom. The molecule has 1 aromatic rings. The van der Waals surface area contributed by atoms with E-state index >= 15 is 0 Å². The summed E-state index contributed by atoms with van der Waals surface area (Å²) < 4.78 is 0.991. The minimum Gasteiger partial charge on any atom is -0.390 e. The van der Waals surface area contributed by atoms with E-state index in [1.807, 2.05) is 43.0 Å². The Bertz CT molecular complexity index is 552. The lowest BCUT2D eigenvalue weighted by Gasteiger charge is -2.21. The zero-order valence-corrected chi connectivity index (χ0v) is 14.2. The number of rotatable bonds is 2. The fourth-order valence-corrected chi connectivity index (χ4v) is 3.14. The molecule has 0 aromatic heterocycles. The van der Waals surface area contributed by atoms with Crippen molar-refractivity contribution in [1.29, 1.82) is 0 Å². The molecule has 1 atom stereocenters. The zero-order chi connectivity index (χ0) is 15.5. The summed E-state index contributed by atoms with van der Waals surface area (Å²) in [6.45, 7) is 5.21. The van der Waals surface area contributed by atoms with Crippen LogP contribution in [0.4, 0.5) is 0 Å².